The minimum atomic E-state index is -0.260. The van der Waals surface area contributed by atoms with Crippen LogP contribution in [0, 0.1) is 18.7 Å². The summed E-state index contributed by atoms with van der Waals surface area (Å²) in [6.45, 7) is 6.66. The van der Waals surface area contributed by atoms with E-state index in [0.717, 1.165) is 40.4 Å². The van der Waals surface area contributed by atoms with Gasteiger partial charge in [-0.1, -0.05) is 26.0 Å². The van der Waals surface area contributed by atoms with Crippen molar-refractivity contribution in [3.63, 3.8) is 0 Å². The number of hydrogen-bond donors (Lipinski definition) is 0. The molecule has 0 radical (unpaired) electrons. The fraction of sp³-hybridized carbons (Fsp3) is 0.474. The molecule has 24 heavy (non-hydrogen) atoms. The molecule has 0 spiro atoms. The number of halogens is 1. The molecule has 1 fully saturated rings. The predicted molar refractivity (Wildman–Crippen MR) is 94.7 cm³/mol. The summed E-state index contributed by atoms with van der Waals surface area (Å²) in [5.41, 5.74) is 1.64. The largest absolute Gasteiger partial charge is 0.331 e. The molecule has 128 valence electrons. The van der Waals surface area contributed by atoms with Gasteiger partial charge in [0.25, 0.3) is 5.91 Å². The van der Waals surface area contributed by atoms with Crippen molar-refractivity contribution in [2.45, 2.75) is 52.6 Å². The van der Waals surface area contributed by atoms with Gasteiger partial charge < -0.3 is 4.90 Å². The van der Waals surface area contributed by atoms with Gasteiger partial charge in [0.1, 0.15) is 10.7 Å². The second kappa shape index (κ2) is 7.01. The number of aromatic nitrogens is 1. The molecule has 5 heteroatoms. The highest BCUT2D eigenvalue weighted by molar-refractivity contribution is 7.13. The molecule has 2 aromatic rings. The van der Waals surface area contributed by atoms with Crippen LogP contribution >= 0.6 is 11.3 Å². The van der Waals surface area contributed by atoms with E-state index in [4.69, 9.17) is 0 Å². The van der Waals surface area contributed by atoms with E-state index in [2.05, 4.69) is 18.8 Å². The number of benzene rings is 1. The van der Waals surface area contributed by atoms with Crippen LogP contribution in [0.15, 0.2) is 24.3 Å². The van der Waals surface area contributed by atoms with Crippen LogP contribution in [-0.2, 0) is 13.0 Å². The molecule has 1 saturated carbocycles. The van der Waals surface area contributed by atoms with E-state index in [1.807, 2.05) is 17.9 Å². The molecule has 0 unspecified atom stereocenters. The quantitative estimate of drug-likeness (QED) is 0.766. The van der Waals surface area contributed by atoms with Crippen molar-refractivity contribution < 1.29 is 9.18 Å². The van der Waals surface area contributed by atoms with Gasteiger partial charge in [0.2, 0.25) is 0 Å². The maximum Gasteiger partial charge on any atom is 0.266 e. The lowest BCUT2D eigenvalue weighted by atomic mass is 10.1. The van der Waals surface area contributed by atoms with Crippen LogP contribution in [0.4, 0.5) is 4.39 Å². The highest BCUT2D eigenvalue weighted by atomic mass is 32.1. The highest BCUT2D eigenvalue weighted by Crippen LogP contribution is 2.32. The van der Waals surface area contributed by atoms with Crippen LogP contribution in [-0.4, -0.2) is 21.8 Å². The first-order valence-electron chi connectivity index (χ1n) is 8.45. The number of aryl methyl sites for hydroxylation is 1. The van der Waals surface area contributed by atoms with Crippen molar-refractivity contribution in [3.05, 3.63) is 51.2 Å². The number of thiazole rings is 1. The first-order chi connectivity index (χ1) is 11.4. The van der Waals surface area contributed by atoms with Gasteiger partial charge in [-0.05, 0) is 43.4 Å². The van der Waals surface area contributed by atoms with E-state index in [-0.39, 0.29) is 17.8 Å². The number of amides is 1. The van der Waals surface area contributed by atoms with Gasteiger partial charge in [-0.15, -0.1) is 11.3 Å². The van der Waals surface area contributed by atoms with Gasteiger partial charge in [0.15, 0.2) is 0 Å². The summed E-state index contributed by atoms with van der Waals surface area (Å²) in [4.78, 5) is 20.2. The second-order valence-electron chi connectivity index (χ2n) is 6.91. The molecule has 1 aliphatic rings. The van der Waals surface area contributed by atoms with Crippen molar-refractivity contribution in [2.24, 2.45) is 5.92 Å². The first-order valence-corrected chi connectivity index (χ1v) is 9.27. The van der Waals surface area contributed by atoms with E-state index in [1.165, 1.54) is 23.5 Å². The van der Waals surface area contributed by atoms with Crippen molar-refractivity contribution in [1.29, 1.82) is 0 Å². The Hall–Kier alpha value is -1.75. The van der Waals surface area contributed by atoms with Gasteiger partial charge in [-0.3, -0.25) is 4.79 Å². The maximum absolute atomic E-state index is 13.4. The fourth-order valence-corrected chi connectivity index (χ4v) is 4.04. The third-order valence-electron chi connectivity index (χ3n) is 4.11. The van der Waals surface area contributed by atoms with E-state index in [0.29, 0.717) is 12.5 Å². The molecule has 0 saturated heterocycles. The Labute approximate surface area is 146 Å². The molecule has 1 amide bonds. The summed E-state index contributed by atoms with van der Waals surface area (Å²) in [5.74, 6) is 0.293. The number of hydrogen-bond acceptors (Lipinski definition) is 3. The van der Waals surface area contributed by atoms with Crippen LogP contribution < -0.4 is 0 Å². The smallest absolute Gasteiger partial charge is 0.266 e. The SMILES string of the molecule is Cc1nc(CC(C)C)sc1C(=O)N(Cc1cccc(F)c1)C1CC1. The Morgan fingerprint density at radius 1 is 1.42 bits per heavy atom. The zero-order valence-electron chi connectivity index (χ0n) is 14.4. The molecular weight excluding hydrogens is 323 g/mol. The van der Waals surface area contributed by atoms with Crippen LogP contribution in [0.2, 0.25) is 0 Å². The van der Waals surface area contributed by atoms with Gasteiger partial charge in [0.05, 0.1) is 10.7 Å². The maximum atomic E-state index is 13.4. The van der Waals surface area contributed by atoms with Gasteiger partial charge in [0, 0.05) is 19.0 Å². The van der Waals surface area contributed by atoms with Crippen LogP contribution in [0.25, 0.3) is 0 Å². The number of carbonyl (C=O) groups is 1. The van der Waals surface area contributed by atoms with Crippen LogP contribution in [0.1, 0.15) is 52.6 Å². The molecule has 1 aliphatic carbocycles. The summed E-state index contributed by atoms with van der Waals surface area (Å²) in [7, 11) is 0. The zero-order valence-corrected chi connectivity index (χ0v) is 15.2. The van der Waals surface area contributed by atoms with Gasteiger partial charge in [-0.2, -0.15) is 0 Å². The Kier molecular flexibility index (Phi) is 4.99. The van der Waals surface area contributed by atoms with Gasteiger partial charge in [-0.25, -0.2) is 9.37 Å². The standard InChI is InChI=1S/C19H23FN2OS/c1-12(2)9-17-21-13(3)18(24-17)19(23)22(16-7-8-16)11-14-5-4-6-15(20)10-14/h4-6,10,12,16H,7-9,11H2,1-3H3. The normalized spacial score (nSPS) is 14.2. The topological polar surface area (TPSA) is 33.2 Å². The molecule has 0 N–H and O–H groups in total. The summed E-state index contributed by atoms with van der Waals surface area (Å²) >= 11 is 1.51. The van der Waals surface area contributed by atoms with Crippen molar-refractivity contribution in [3.8, 4) is 0 Å². The summed E-state index contributed by atoms with van der Waals surface area (Å²) in [6.07, 6.45) is 2.95. The molecular formula is C19H23FN2OS. The molecule has 3 rings (SSSR count). The number of rotatable bonds is 6. The fourth-order valence-electron chi connectivity index (χ4n) is 2.80. The molecule has 1 aromatic heterocycles. The zero-order chi connectivity index (χ0) is 17.3. The van der Waals surface area contributed by atoms with E-state index in [9.17, 15) is 9.18 Å². The predicted octanol–water partition coefficient (Wildman–Crippen LogP) is 4.59. The van der Waals surface area contributed by atoms with E-state index < -0.39 is 0 Å². The molecule has 1 aromatic carbocycles. The summed E-state index contributed by atoms with van der Waals surface area (Å²) in [6, 6.07) is 6.77. The van der Waals surface area contributed by atoms with E-state index >= 15 is 0 Å². The van der Waals surface area contributed by atoms with E-state index in [1.54, 1.807) is 6.07 Å². The van der Waals surface area contributed by atoms with Crippen molar-refractivity contribution >= 4 is 17.2 Å². The molecule has 1 heterocycles. The lowest BCUT2D eigenvalue weighted by Crippen LogP contribution is -2.32. The number of nitrogens with zero attached hydrogens (tertiary/aromatic N) is 2. The molecule has 0 aliphatic heterocycles. The summed E-state index contributed by atoms with van der Waals surface area (Å²) in [5, 5.41) is 1.02. The minimum Gasteiger partial charge on any atom is -0.331 e. The molecule has 0 atom stereocenters. The number of carbonyl (C=O) groups excluding carboxylic acids is 1. The lowest BCUT2D eigenvalue weighted by molar-refractivity contribution is 0.0733. The molecule has 3 nitrogen and oxygen atoms in total. The van der Waals surface area contributed by atoms with Gasteiger partial charge >= 0.3 is 0 Å². The third-order valence-corrected chi connectivity index (χ3v) is 5.28. The van der Waals surface area contributed by atoms with Crippen molar-refractivity contribution in [2.75, 3.05) is 0 Å². The Bertz CT molecular complexity index is 737. The average molecular weight is 346 g/mol. The Morgan fingerprint density at radius 3 is 2.79 bits per heavy atom. The summed E-state index contributed by atoms with van der Waals surface area (Å²) < 4.78 is 13.4. The first kappa shape index (κ1) is 17.1. The Morgan fingerprint density at radius 2 is 2.17 bits per heavy atom. The third kappa shape index (κ3) is 4.01. The average Bonchev–Trinajstić information content (AvgIpc) is 3.28. The van der Waals surface area contributed by atoms with Crippen LogP contribution in [0.5, 0.6) is 0 Å². The molecule has 0 bridgehead atoms. The monoisotopic (exact) mass is 346 g/mol. The highest BCUT2D eigenvalue weighted by Gasteiger charge is 2.34. The van der Waals surface area contributed by atoms with Crippen molar-refractivity contribution in [1.82, 2.24) is 9.88 Å². The Balaban J connectivity index is 1.81. The lowest BCUT2D eigenvalue weighted by Gasteiger charge is -2.22. The van der Waals surface area contributed by atoms with Crippen LogP contribution in [0.3, 0.4) is 0 Å². The minimum absolute atomic E-state index is 0.0340. The second-order valence-corrected chi connectivity index (χ2v) is 8.00.